The molecule has 1 aliphatic rings. The van der Waals surface area contributed by atoms with Gasteiger partial charge in [0.05, 0.1) is 19.8 Å². The van der Waals surface area contributed by atoms with E-state index >= 15 is 0 Å². The lowest BCUT2D eigenvalue weighted by atomic mass is 10.0. The largest absolute Gasteiger partial charge is 0.505 e. The van der Waals surface area contributed by atoms with Gasteiger partial charge in [0.2, 0.25) is 11.6 Å². The predicted octanol–water partition coefficient (Wildman–Crippen LogP) is 9.96. The van der Waals surface area contributed by atoms with E-state index in [2.05, 4.69) is 6.92 Å². The standard InChI is InChI=1S/C36H38F4O4.C3H6/c1-3-42-32-19-13-28(34(38)36(32)40)11-5-26-8-16-30(17-9-26)44-23-21-24(2)20-22-43-29-14-6-25(7-15-29)4-10-27-12-18-31(41)35(39)33(27)37;1-2-3-1/h6-9,12-19,24,41H,3-5,10-11,20-23H2,1-2H3;1-3H2. The molecule has 0 spiro atoms. The highest BCUT2D eigenvalue weighted by atomic mass is 19.2. The van der Waals surface area contributed by atoms with E-state index in [1.807, 2.05) is 48.5 Å². The van der Waals surface area contributed by atoms with Gasteiger partial charge in [0, 0.05) is 0 Å². The number of hydrogen-bond acceptors (Lipinski definition) is 4. The summed E-state index contributed by atoms with van der Waals surface area (Å²) in [5.74, 6) is -2.88. The molecule has 4 aromatic carbocycles. The Hall–Kier alpha value is -4.20. The van der Waals surface area contributed by atoms with Crippen molar-refractivity contribution in [2.75, 3.05) is 19.8 Å². The smallest absolute Gasteiger partial charge is 0.200 e. The molecule has 47 heavy (non-hydrogen) atoms. The monoisotopic (exact) mass is 652 g/mol. The molecule has 4 aromatic rings. The Morgan fingerprint density at radius 2 is 1.04 bits per heavy atom. The topological polar surface area (TPSA) is 47.9 Å². The zero-order valence-electron chi connectivity index (χ0n) is 27.2. The average Bonchev–Trinajstić information content (AvgIpc) is 3.97. The maximum atomic E-state index is 14.3. The molecule has 1 N–H and O–H groups in total. The molecule has 5 rings (SSSR count). The lowest BCUT2D eigenvalue weighted by Crippen LogP contribution is -2.08. The first-order chi connectivity index (χ1) is 22.7. The summed E-state index contributed by atoms with van der Waals surface area (Å²) in [6, 6.07) is 20.8. The Labute approximate surface area is 275 Å². The normalized spacial score (nSPS) is 12.6. The van der Waals surface area contributed by atoms with Crippen LogP contribution in [0.1, 0.15) is 68.2 Å². The van der Waals surface area contributed by atoms with Gasteiger partial charge in [-0.05, 0) is 110 Å². The SMILES string of the molecule is C1CC1.CCOc1ccc(CCc2ccc(OCCC(C)CCOc3ccc(CCc4ccc(O)c(F)c4F)cc3)cc2)c(F)c1F. The molecule has 0 radical (unpaired) electrons. The maximum Gasteiger partial charge on any atom is 0.200 e. The molecule has 1 aliphatic carbocycles. The molecule has 4 nitrogen and oxygen atoms in total. The van der Waals surface area contributed by atoms with Crippen molar-refractivity contribution in [2.45, 2.75) is 71.6 Å². The fourth-order valence-electron chi connectivity index (χ4n) is 4.77. The van der Waals surface area contributed by atoms with Crippen LogP contribution < -0.4 is 14.2 Å². The second-order valence-corrected chi connectivity index (χ2v) is 11.9. The minimum absolute atomic E-state index is 0.0664. The molecule has 0 amide bonds. The fraction of sp³-hybridized carbons (Fsp3) is 0.385. The first-order valence-electron chi connectivity index (χ1n) is 16.4. The van der Waals surface area contributed by atoms with Gasteiger partial charge >= 0.3 is 0 Å². The van der Waals surface area contributed by atoms with E-state index in [1.54, 1.807) is 13.0 Å². The van der Waals surface area contributed by atoms with Crippen LogP contribution in [0.2, 0.25) is 0 Å². The summed E-state index contributed by atoms with van der Waals surface area (Å²) in [7, 11) is 0. The first-order valence-corrected chi connectivity index (χ1v) is 16.4. The highest BCUT2D eigenvalue weighted by Gasteiger charge is 2.15. The third-order valence-electron chi connectivity index (χ3n) is 7.89. The Balaban J connectivity index is 0.00000157. The van der Waals surface area contributed by atoms with E-state index in [0.29, 0.717) is 50.4 Å². The molecular weight excluding hydrogens is 608 g/mol. The zero-order valence-corrected chi connectivity index (χ0v) is 27.2. The number of aryl methyl sites for hydroxylation is 4. The molecule has 252 valence electrons. The molecule has 0 saturated heterocycles. The van der Waals surface area contributed by atoms with Gasteiger partial charge in [0.15, 0.2) is 23.1 Å². The summed E-state index contributed by atoms with van der Waals surface area (Å²) in [4.78, 5) is 0. The van der Waals surface area contributed by atoms with Gasteiger partial charge in [-0.25, -0.2) is 8.78 Å². The molecule has 0 bridgehead atoms. The number of phenols is 1. The van der Waals surface area contributed by atoms with Crippen molar-refractivity contribution in [2.24, 2.45) is 5.92 Å². The number of phenolic OH excluding ortho intramolecular Hbond substituents is 1. The van der Waals surface area contributed by atoms with Gasteiger partial charge in [0.1, 0.15) is 11.5 Å². The Kier molecular flexibility index (Phi) is 13.8. The summed E-state index contributed by atoms with van der Waals surface area (Å²) < 4.78 is 72.8. The van der Waals surface area contributed by atoms with Gasteiger partial charge in [0.25, 0.3) is 0 Å². The summed E-state index contributed by atoms with van der Waals surface area (Å²) in [5, 5.41) is 9.26. The van der Waals surface area contributed by atoms with Crippen molar-refractivity contribution >= 4 is 0 Å². The minimum atomic E-state index is -1.21. The second-order valence-electron chi connectivity index (χ2n) is 11.9. The number of halogens is 4. The van der Waals surface area contributed by atoms with Crippen LogP contribution in [-0.4, -0.2) is 24.9 Å². The van der Waals surface area contributed by atoms with Crippen LogP contribution in [0.25, 0.3) is 0 Å². The van der Waals surface area contributed by atoms with Gasteiger partial charge < -0.3 is 19.3 Å². The average molecular weight is 653 g/mol. The third-order valence-corrected chi connectivity index (χ3v) is 7.89. The van der Waals surface area contributed by atoms with Crippen molar-refractivity contribution in [3.8, 4) is 23.0 Å². The van der Waals surface area contributed by atoms with Crippen molar-refractivity contribution in [1.29, 1.82) is 0 Å². The van der Waals surface area contributed by atoms with E-state index in [-0.39, 0.29) is 17.9 Å². The predicted molar refractivity (Wildman–Crippen MR) is 176 cm³/mol. The van der Waals surface area contributed by atoms with E-state index in [0.717, 1.165) is 35.5 Å². The lowest BCUT2D eigenvalue weighted by molar-refractivity contribution is 0.245. The Morgan fingerprint density at radius 1 is 0.574 bits per heavy atom. The van der Waals surface area contributed by atoms with Crippen LogP contribution in [0, 0.1) is 29.2 Å². The summed E-state index contributed by atoms with van der Waals surface area (Å²) in [6.45, 7) is 5.27. The van der Waals surface area contributed by atoms with E-state index in [9.17, 15) is 22.7 Å². The number of aromatic hydroxyl groups is 1. The molecule has 0 aliphatic heterocycles. The first kappa shape index (κ1) is 35.7. The third kappa shape index (κ3) is 11.5. The molecular formula is C39H44F4O4. The van der Waals surface area contributed by atoms with Crippen LogP contribution in [-0.2, 0) is 25.7 Å². The maximum absolute atomic E-state index is 14.3. The molecule has 1 fully saturated rings. The highest BCUT2D eigenvalue weighted by molar-refractivity contribution is 5.34. The van der Waals surface area contributed by atoms with E-state index < -0.39 is 29.0 Å². The van der Waals surface area contributed by atoms with Crippen LogP contribution in [0.15, 0.2) is 72.8 Å². The lowest BCUT2D eigenvalue weighted by Gasteiger charge is -2.14. The molecule has 8 heteroatoms. The summed E-state index contributed by atoms with van der Waals surface area (Å²) >= 11 is 0. The number of ether oxygens (including phenoxy) is 3. The van der Waals surface area contributed by atoms with Crippen LogP contribution in [0.5, 0.6) is 23.0 Å². The molecule has 1 atom stereocenters. The summed E-state index contributed by atoms with van der Waals surface area (Å²) in [6.07, 6.45) is 8.03. The molecule has 1 unspecified atom stereocenters. The van der Waals surface area contributed by atoms with Crippen LogP contribution in [0.3, 0.4) is 0 Å². The molecule has 0 heterocycles. The Bertz CT molecular complexity index is 1540. The van der Waals surface area contributed by atoms with E-state index in [4.69, 9.17) is 14.2 Å². The summed E-state index contributed by atoms with van der Waals surface area (Å²) in [5.41, 5.74) is 2.52. The van der Waals surface area contributed by atoms with Crippen molar-refractivity contribution < 1.29 is 36.9 Å². The second kappa shape index (κ2) is 18.2. The van der Waals surface area contributed by atoms with Gasteiger partial charge in [-0.3, -0.25) is 0 Å². The van der Waals surface area contributed by atoms with Gasteiger partial charge in [-0.2, -0.15) is 8.78 Å². The quantitative estimate of drug-likeness (QED) is 0.122. The zero-order chi connectivity index (χ0) is 33.6. The number of benzene rings is 4. The van der Waals surface area contributed by atoms with E-state index in [1.165, 1.54) is 37.5 Å². The molecule has 0 aromatic heterocycles. The highest BCUT2D eigenvalue weighted by Crippen LogP contribution is 2.25. The van der Waals surface area contributed by atoms with Crippen molar-refractivity contribution in [1.82, 2.24) is 0 Å². The Morgan fingerprint density at radius 3 is 1.51 bits per heavy atom. The van der Waals surface area contributed by atoms with Gasteiger partial charge in [-0.1, -0.05) is 62.6 Å². The minimum Gasteiger partial charge on any atom is -0.505 e. The molecule has 1 saturated carbocycles. The van der Waals surface area contributed by atoms with Crippen molar-refractivity contribution in [3.63, 3.8) is 0 Å². The fourth-order valence-corrected chi connectivity index (χ4v) is 4.77. The van der Waals surface area contributed by atoms with Gasteiger partial charge in [-0.15, -0.1) is 0 Å². The number of rotatable bonds is 16. The number of hydrogen-bond donors (Lipinski definition) is 1. The van der Waals surface area contributed by atoms with Crippen LogP contribution in [0.4, 0.5) is 17.6 Å². The van der Waals surface area contributed by atoms with Crippen LogP contribution >= 0.6 is 0 Å². The van der Waals surface area contributed by atoms with Crippen molar-refractivity contribution in [3.05, 3.63) is 118 Å².